The highest BCUT2D eigenvalue weighted by molar-refractivity contribution is 5.98. The topological polar surface area (TPSA) is 159 Å². The molecule has 49 heavy (non-hydrogen) atoms. The number of benzene rings is 1. The summed E-state index contributed by atoms with van der Waals surface area (Å²) in [6, 6.07) is 6.62. The van der Waals surface area contributed by atoms with E-state index in [0.717, 1.165) is 10.9 Å². The predicted octanol–water partition coefficient (Wildman–Crippen LogP) is 3.78. The van der Waals surface area contributed by atoms with Crippen molar-refractivity contribution in [2.24, 2.45) is 5.92 Å². The Labute approximate surface area is 287 Å². The van der Waals surface area contributed by atoms with Crippen molar-refractivity contribution < 1.29 is 33.4 Å². The molecule has 3 N–H and O–H groups in total. The molecule has 1 spiro atoms. The summed E-state index contributed by atoms with van der Waals surface area (Å²) in [7, 11) is 0. The number of amides is 4. The van der Waals surface area contributed by atoms with Crippen molar-refractivity contribution in [3.8, 4) is 0 Å². The lowest BCUT2D eigenvalue weighted by molar-refractivity contribution is -0.157. The molecule has 1 aromatic heterocycles. The van der Waals surface area contributed by atoms with Crippen LogP contribution in [0.3, 0.4) is 0 Å². The van der Waals surface area contributed by atoms with Gasteiger partial charge in [0, 0.05) is 18.5 Å². The van der Waals surface area contributed by atoms with Crippen LogP contribution in [0.5, 0.6) is 0 Å². The van der Waals surface area contributed by atoms with Gasteiger partial charge in [0.25, 0.3) is 11.8 Å². The van der Waals surface area contributed by atoms with E-state index < -0.39 is 65.2 Å². The number of aromatic nitrogens is 1. The largest absolute Gasteiger partial charge is 0.455 e. The molecular formula is C36H48N6O7. The van der Waals surface area contributed by atoms with Gasteiger partial charge in [-0.25, -0.2) is 15.2 Å². The van der Waals surface area contributed by atoms with Crippen LogP contribution in [0.25, 0.3) is 17.0 Å². The zero-order valence-corrected chi connectivity index (χ0v) is 29.4. The first-order valence-corrected chi connectivity index (χ1v) is 17.1. The summed E-state index contributed by atoms with van der Waals surface area (Å²) < 4.78 is 11.5. The zero-order valence-electron chi connectivity index (χ0n) is 29.4. The number of ether oxygens (including phenoxy) is 2. The number of hydrogen-bond donors (Lipinski definition) is 3. The molecular weight excluding hydrogens is 628 g/mol. The number of carbonyl (C=O) groups excluding carboxylic acids is 5. The van der Waals surface area contributed by atoms with E-state index in [-0.39, 0.29) is 12.5 Å². The first kappa shape index (κ1) is 35.8. The third kappa shape index (κ3) is 7.87. The number of nitrogens with one attached hydrogen (secondary N) is 3. The predicted molar refractivity (Wildman–Crippen MR) is 182 cm³/mol. The lowest BCUT2D eigenvalue weighted by atomic mass is 9.91. The molecule has 264 valence electrons. The molecule has 5 bridgehead atoms. The molecule has 0 unspecified atom stereocenters. The number of pyridine rings is 1. The Morgan fingerprint density at radius 2 is 1.78 bits per heavy atom. The monoisotopic (exact) mass is 676 g/mol. The molecule has 2 saturated heterocycles. The Hall–Kier alpha value is -4.52. The highest BCUT2D eigenvalue weighted by Crippen LogP contribution is 2.34. The minimum Gasteiger partial charge on any atom is -0.455 e. The van der Waals surface area contributed by atoms with Gasteiger partial charge in [-0.2, -0.15) is 0 Å². The van der Waals surface area contributed by atoms with Crippen molar-refractivity contribution in [2.75, 3.05) is 13.1 Å². The fourth-order valence-electron chi connectivity index (χ4n) is 6.44. The van der Waals surface area contributed by atoms with Crippen LogP contribution in [-0.4, -0.2) is 87.0 Å². The second-order valence-corrected chi connectivity index (χ2v) is 14.5. The summed E-state index contributed by atoms with van der Waals surface area (Å²) in [4.78, 5) is 74.6. The molecule has 1 aromatic carbocycles. The second-order valence-electron chi connectivity index (χ2n) is 14.5. The van der Waals surface area contributed by atoms with Crippen molar-refractivity contribution in [2.45, 2.75) is 110 Å². The van der Waals surface area contributed by atoms with E-state index in [2.05, 4.69) is 16.1 Å². The number of hydrazine groups is 1. The third-order valence-electron chi connectivity index (χ3n) is 9.13. The van der Waals surface area contributed by atoms with Crippen LogP contribution in [0, 0.1) is 5.92 Å². The fraction of sp³-hybridized carbons (Fsp3) is 0.556. The van der Waals surface area contributed by atoms with E-state index in [4.69, 9.17) is 14.5 Å². The van der Waals surface area contributed by atoms with Gasteiger partial charge in [-0.3, -0.25) is 29.1 Å². The van der Waals surface area contributed by atoms with Crippen molar-refractivity contribution in [1.29, 1.82) is 0 Å². The number of likely N-dealkylation sites (tertiary alicyclic amines) is 1. The Kier molecular flexibility index (Phi) is 10.3. The van der Waals surface area contributed by atoms with Crippen LogP contribution in [-0.2, 0) is 28.7 Å². The lowest BCUT2D eigenvalue weighted by Gasteiger charge is -2.37. The summed E-state index contributed by atoms with van der Waals surface area (Å²) in [6.07, 6.45) is 4.02. The fourth-order valence-corrected chi connectivity index (χ4v) is 6.44. The van der Waals surface area contributed by atoms with Gasteiger partial charge in [-0.15, -0.1) is 0 Å². The van der Waals surface area contributed by atoms with Crippen molar-refractivity contribution in [1.82, 2.24) is 31.0 Å². The standard InChI is InChI=1S/C36H48N6O7/c1-21(2)29-30(43)37-22(3)31(44)42-19-8-10-27(40-42)32(45)48-23(4)26-14-13-25-12-11-24(20-28(25)38-26)15-17-36(33(46)39-29)16-9-18-41(36)34(47)49-35(5,6)7/h11-15,17,20-23,27,29,40H,8-10,16,18-19H2,1-7H3,(H,37,43)(H,39,46)/b17-15+/t22-,23+,27-,29-,36-/m0/s1. The summed E-state index contributed by atoms with van der Waals surface area (Å²) in [6.45, 7) is 12.8. The van der Waals surface area contributed by atoms with E-state index in [0.29, 0.717) is 43.4 Å². The van der Waals surface area contributed by atoms with Crippen LogP contribution >= 0.6 is 0 Å². The molecule has 13 heteroatoms. The molecule has 5 rings (SSSR count). The van der Waals surface area contributed by atoms with Gasteiger partial charge < -0.3 is 20.1 Å². The Balaban J connectivity index is 1.58. The van der Waals surface area contributed by atoms with E-state index in [1.54, 1.807) is 60.6 Å². The van der Waals surface area contributed by atoms with Crippen LogP contribution in [0.2, 0.25) is 0 Å². The van der Waals surface area contributed by atoms with Crippen molar-refractivity contribution >= 4 is 46.8 Å². The maximum Gasteiger partial charge on any atom is 0.411 e. The van der Waals surface area contributed by atoms with Gasteiger partial charge in [0.15, 0.2) is 0 Å². The SMILES string of the molecule is CC(C)[C@@H]1NC(=O)[C@@]2(/C=C/c3ccc4ccc(nc4c3)[C@@H](C)OC(=O)[C@@H]3CCCN(N3)C(=O)[C@H](C)NC1=O)CCCN2C(=O)OC(C)(C)C. The van der Waals surface area contributed by atoms with Crippen LogP contribution in [0.4, 0.5) is 4.79 Å². The quantitative estimate of drug-likeness (QED) is 0.382. The summed E-state index contributed by atoms with van der Waals surface area (Å²) in [5.41, 5.74) is 2.65. The summed E-state index contributed by atoms with van der Waals surface area (Å²) in [5.74, 6) is -2.38. The smallest absolute Gasteiger partial charge is 0.411 e. The second kappa shape index (κ2) is 14.1. The van der Waals surface area contributed by atoms with Gasteiger partial charge in [0.1, 0.15) is 35.4 Å². The Morgan fingerprint density at radius 3 is 2.49 bits per heavy atom. The van der Waals surface area contributed by atoms with E-state index in [9.17, 15) is 24.0 Å². The Morgan fingerprint density at radius 1 is 1.04 bits per heavy atom. The summed E-state index contributed by atoms with van der Waals surface area (Å²) >= 11 is 0. The molecule has 0 aliphatic carbocycles. The van der Waals surface area contributed by atoms with E-state index in [1.165, 1.54) is 9.91 Å². The highest BCUT2D eigenvalue weighted by atomic mass is 16.6. The minimum absolute atomic E-state index is 0.278. The van der Waals surface area contributed by atoms with E-state index in [1.807, 2.05) is 30.3 Å². The first-order chi connectivity index (χ1) is 23.1. The highest BCUT2D eigenvalue weighted by Gasteiger charge is 2.50. The average molecular weight is 677 g/mol. The lowest BCUT2D eigenvalue weighted by Crippen LogP contribution is -2.63. The number of esters is 1. The minimum atomic E-state index is -1.46. The van der Waals surface area contributed by atoms with Crippen LogP contribution in [0.15, 0.2) is 36.4 Å². The molecule has 0 radical (unpaired) electrons. The maximum absolute atomic E-state index is 14.4. The number of hydrogen-bond acceptors (Lipinski definition) is 9. The van der Waals surface area contributed by atoms with Crippen molar-refractivity contribution in [3.63, 3.8) is 0 Å². The molecule has 5 atom stereocenters. The zero-order chi connectivity index (χ0) is 35.7. The molecule has 4 amide bonds. The molecule has 2 fully saturated rings. The van der Waals surface area contributed by atoms with Gasteiger partial charge in [-0.1, -0.05) is 38.1 Å². The average Bonchev–Trinajstić information content (AvgIpc) is 3.49. The normalized spacial score (nSPS) is 28.0. The molecule has 13 nitrogen and oxygen atoms in total. The van der Waals surface area contributed by atoms with Crippen LogP contribution in [0.1, 0.15) is 91.5 Å². The number of nitrogens with zero attached hydrogens (tertiary/aromatic N) is 3. The number of carbonyl (C=O) groups is 5. The van der Waals surface area contributed by atoms with Crippen LogP contribution < -0.4 is 16.1 Å². The molecule has 0 saturated carbocycles. The maximum atomic E-state index is 14.4. The molecule has 3 aliphatic heterocycles. The number of rotatable bonds is 1. The van der Waals surface area contributed by atoms with Crippen molar-refractivity contribution in [3.05, 3.63) is 47.7 Å². The molecule has 4 heterocycles. The van der Waals surface area contributed by atoms with E-state index >= 15 is 0 Å². The van der Waals surface area contributed by atoms with Gasteiger partial charge in [0.05, 0.1) is 11.2 Å². The first-order valence-electron chi connectivity index (χ1n) is 17.1. The summed E-state index contributed by atoms with van der Waals surface area (Å²) in [5, 5.41) is 7.87. The van der Waals surface area contributed by atoms with Gasteiger partial charge >= 0.3 is 12.1 Å². The molecule has 3 aliphatic rings. The molecule has 2 aromatic rings. The number of fused-ring (bicyclic) bond motifs is 4. The Bertz CT molecular complexity index is 1650. The van der Waals surface area contributed by atoms with Gasteiger partial charge in [-0.05, 0) is 90.0 Å². The third-order valence-corrected chi connectivity index (χ3v) is 9.13. The van der Waals surface area contributed by atoms with Gasteiger partial charge in [0.2, 0.25) is 5.91 Å². The number of cyclic esters (lactones) is 1.